The van der Waals surface area contributed by atoms with Crippen molar-refractivity contribution in [2.75, 3.05) is 6.54 Å². The van der Waals surface area contributed by atoms with Crippen LogP contribution in [0, 0.1) is 0 Å². The van der Waals surface area contributed by atoms with E-state index in [9.17, 15) is 13.5 Å². The van der Waals surface area contributed by atoms with Crippen LogP contribution in [0.1, 0.15) is 35.6 Å². The van der Waals surface area contributed by atoms with Crippen molar-refractivity contribution >= 4 is 10.0 Å². The van der Waals surface area contributed by atoms with Crippen LogP contribution in [0.5, 0.6) is 0 Å². The van der Waals surface area contributed by atoms with Crippen LogP contribution in [0.25, 0.3) is 11.3 Å². The van der Waals surface area contributed by atoms with Crippen molar-refractivity contribution in [2.24, 2.45) is 0 Å². The number of sulfonamides is 1. The van der Waals surface area contributed by atoms with E-state index in [1.165, 1.54) is 5.56 Å². The van der Waals surface area contributed by atoms with E-state index in [4.69, 9.17) is 4.42 Å². The third-order valence-electron chi connectivity index (χ3n) is 5.20. The molecule has 4 rings (SSSR count). The van der Waals surface area contributed by atoms with Gasteiger partial charge in [-0.15, -0.1) is 0 Å². The Labute approximate surface area is 165 Å². The van der Waals surface area contributed by atoms with Gasteiger partial charge in [0.15, 0.2) is 0 Å². The number of hydrogen-bond acceptors (Lipinski definition) is 4. The maximum absolute atomic E-state index is 12.6. The van der Waals surface area contributed by atoms with E-state index in [-0.39, 0.29) is 11.4 Å². The van der Waals surface area contributed by atoms with Gasteiger partial charge in [0.2, 0.25) is 10.0 Å². The molecule has 1 unspecified atom stereocenters. The summed E-state index contributed by atoms with van der Waals surface area (Å²) in [6.45, 7) is -0.0838. The predicted molar refractivity (Wildman–Crippen MR) is 107 cm³/mol. The average molecular weight is 397 g/mol. The number of furan rings is 1. The van der Waals surface area contributed by atoms with Crippen LogP contribution >= 0.6 is 0 Å². The van der Waals surface area contributed by atoms with Crippen molar-refractivity contribution in [3.8, 4) is 11.3 Å². The van der Waals surface area contributed by atoms with E-state index in [0.717, 1.165) is 42.6 Å². The molecule has 0 bridgehead atoms. The Morgan fingerprint density at radius 1 is 1.00 bits per heavy atom. The molecule has 0 aliphatic heterocycles. The molecule has 0 saturated carbocycles. The van der Waals surface area contributed by atoms with Gasteiger partial charge in [0.1, 0.15) is 5.76 Å². The van der Waals surface area contributed by atoms with Crippen molar-refractivity contribution in [2.45, 2.75) is 36.7 Å². The fourth-order valence-corrected chi connectivity index (χ4v) is 4.67. The summed E-state index contributed by atoms with van der Waals surface area (Å²) in [4.78, 5) is 0.258. The maximum atomic E-state index is 12.6. The summed E-state index contributed by atoms with van der Waals surface area (Å²) in [5.41, 5.74) is 3.89. The quantitative estimate of drug-likeness (QED) is 0.662. The highest BCUT2D eigenvalue weighted by Gasteiger charge is 2.19. The lowest BCUT2D eigenvalue weighted by atomic mass is 9.92. The van der Waals surface area contributed by atoms with Crippen LogP contribution in [-0.2, 0) is 22.9 Å². The monoisotopic (exact) mass is 397 g/mol. The molecule has 146 valence electrons. The molecule has 1 aromatic heterocycles. The number of aryl methyl sites for hydroxylation is 2. The number of aliphatic hydroxyl groups is 1. The normalized spacial score (nSPS) is 15.2. The van der Waals surface area contributed by atoms with Gasteiger partial charge in [-0.2, -0.15) is 0 Å². The Morgan fingerprint density at radius 3 is 2.46 bits per heavy atom. The Hall–Kier alpha value is -2.41. The van der Waals surface area contributed by atoms with Gasteiger partial charge in [0, 0.05) is 12.1 Å². The molecule has 5 nitrogen and oxygen atoms in total. The second kappa shape index (κ2) is 7.91. The Kier molecular flexibility index (Phi) is 5.35. The van der Waals surface area contributed by atoms with Gasteiger partial charge in [-0.3, -0.25) is 0 Å². The van der Waals surface area contributed by atoms with Gasteiger partial charge < -0.3 is 9.52 Å². The van der Waals surface area contributed by atoms with E-state index in [0.29, 0.717) is 5.56 Å². The summed E-state index contributed by atoms with van der Waals surface area (Å²) >= 11 is 0. The molecule has 1 aliphatic carbocycles. The first-order valence-electron chi connectivity index (χ1n) is 9.46. The van der Waals surface area contributed by atoms with Crippen LogP contribution in [0.4, 0.5) is 0 Å². The molecule has 0 radical (unpaired) electrons. The molecule has 0 spiro atoms. The van der Waals surface area contributed by atoms with E-state index in [1.54, 1.807) is 30.5 Å². The highest BCUT2D eigenvalue weighted by molar-refractivity contribution is 7.89. The van der Waals surface area contributed by atoms with Gasteiger partial charge in [0.25, 0.3) is 0 Å². The van der Waals surface area contributed by atoms with E-state index in [1.807, 2.05) is 30.3 Å². The first-order valence-corrected chi connectivity index (χ1v) is 10.9. The van der Waals surface area contributed by atoms with Crippen LogP contribution in [0.2, 0.25) is 0 Å². The molecule has 2 aromatic carbocycles. The summed E-state index contributed by atoms with van der Waals surface area (Å²) in [5, 5.41) is 10.4. The molecule has 3 aromatic rings. The number of fused-ring (bicyclic) bond motifs is 1. The first kappa shape index (κ1) is 18.9. The minimum absolute atomic E-state index is 0.0838. The lowest BCUT2D eigenvalue weighted by molar-refractivity contribution is 0.182. The molecule has 1 heterocycles. The van der Waals surface area contributed by atoms with Gasteiger partial charge >= 0.3 is 0 Å². The minimum atomic E-state index is -3.67. The van der Waals surface area contributed by atoms with Crippen molar-refractivity contribution in [1.82, 2.24) is 4.72 Å². The highest BCUT2D eigenvalue weighted by Crippen LogP contribution is 2.25. The van der Waals surface area contributed by atoms with Crippen molar-refractivity contribution in [3.05, 3.63) is 77.6 Å². The summed E-state index contributed by atoms with van der Waals surface area (Å²) < 4.78 is 33.1. The molecule has 1 atom stereocenters. The molecule has 28 heavy (non-hydrogen) atoms. The standard InChI is InChI=1S/C22H23NO4S/c24-21(17-7-9-18(10-8-17)22-6-3-13-27-22)15-23-28(25,26)20-12-11-16-4-1-2-5-19(16)14-20/h3,6-14,21,23-24H,1-2,4-5,15H2. The Bertz CT molecular complexity index is 1040. The first-order chi connectivity index (χ1) is 13.5. The van der Waals surface area contributed by atoms with Crippen molar-refractivity contribution in [1.29, 1.82) is 0 Å². The number of rotatable bonds is 6. The van der Waals surface area contributed by atoms with Gasteiger partial charge in [0.05, 0.1) is 17.3 Å². The average Bonchev–Trinajstić information content (AvgIpc) is 3.27. The zero-order valence-corrected chi connectivity index (χ0v) is 16.3. The van der Waals surface area contributed by atoms with Crippen LogP contribution in [0.3, 0.4) is 0 Å². The molecule has 0 amide bonds. The zero-order chi connectivity index (χ0) is 19.6. The Balaban J connectivity index is 1.43. The van der Waals surface area contributed by atoms with Crippen LogP contribution in [0.15, 0.2) is 70.2 Å². The van der Waals surface area contributed by atoms with Gasteiger partial charge in [-0.25, -0.2) is 13.1 Å². The second-order valence-corrected chi connectivity index (χ2v) is 8.87. The number of hydrogen-bond donors (Lipinski definition) is 2. The molecule has 6 heteroatoms. The second-order valence-electron chi connectivity index (χ2n) is 7.10. The SMILES string of the molecule is O=S(=O)(NCC(O)c1ccc(-c2ccco2)cc1)c1ccc2c(c1)CCCC2. The van der Waals surface area contributed by atoms with Crippen LogP contribution < -0.4 is 4.72 Å². The minimum Gasteiger partial charge on any atom is -0.464 e. The molecular formula is C22H23NO4S. The summed E-state index contributed by atoms with van der Waals surface area (Å²) in [7, 11) is -3.67. The smallest absolute Gasteiger partial charge is 0.240 e. The fraction of sp³-hybridized carbons (Fsp3) is 0.273. The number of nitrogens with one attached hydrogen (secondary N) is 1. The lowest BCUT2D eigenvalue weighted by Crippen LogP contribution is -2.28. The molecule has 0 fully saturated rings. The third-order valence-corrected chi connectivity index (χ3v) is 6.62. The van der Waals surface area contributed by atoms with Gasteiger partial charge in [-0.1, -0.05) is 30.3 Å². The topological polar surface area (TPSA) is 79.5 Å². The summed E-state index contributed by atoms with van der Waals surface area (Å²) in [6, 6.07) is 16.2. The molecular weight excluding hydrogens is 374 g/mol. The molecule has 0 saturated heterocycles. The van der Waals surface area contributed by atoms with Crippen molar-refractivity contribution < 1.29 is 17.9 Å². The third kappa shape index (κ3) is 4.04. The highest BCUT2D eigenvalue weighted by atomic mass is 32.2. The van der Waals surface area contributed by atoms with E-state index < -0.39 is 16.1 Å². The zero-order valence-electron chi connectivity index (χ0n) is 15.5. The maximum Gasteiger partial charge on any atom is 0.240 e. The fourth-order valence-electron chi connectivity index (χ4n) is 3.58. The predicted octanol–water partition coefficient (Wildman–Crippen LogP) is 3.84. The van der Waals surface area contributed by atoms with E-state index >= 15 is 0 Å². The van der Waals surface area contributed by atoms with Crippen molar-refractivity contribution in [3.63, 3.8) is 0 Å². The molecule has 2 N–H and O–H groups in total. The van der Waals surface area contributed by atoms with Crippen LogP contribution in [-0.4, -0.2) is 20.1 Å². The molecule has 1 aliphatic rings. The summed E-state index contributed by atoms with van der Waals surface area (Å²) in [5.74, 6) is 0.745. The number of aliphatic hydroxyl groups excluding tert-OH is 1. The summed E-state index contributed by atoms with van der Waals surface area (Å²) in [6.07, 6.45) is 4.85. The lowest BCUT2D eigenvalue weighted by Gasteiger charge is -2.17. The number of benzene rings is 2. The van der Waals surface area contributed by atoms with Gasteiger partial charge in [-0.05, 0) is 66.6 Å². The van der Waals surface area contributed by atoms with E-state index in [2.05, 4.69) is 4.72 Å². The Morgan fingerprint density at radius 2 is 1.75 bits per heavy atom. The largest absolute Gasteiger partial charge is 0.464 e.